The Morgan fingerprint density at radius 2 is 1.59 bits per heavy atom. The van der Waals surface area contributed by atoms with Crippen LogP contribution < -0.4 is 9.64 Å². The normalized spacial score (nSPS) is 15.0. The molecule has 2 heterocycles. The first-order valence-corrected chi connectivity index (χ1v) is 12.4. The molecule has 168 valence electrons. The first kappa shape index (κ1) is 22.2. The van der Waals surface area contributed by atoms with E-state index in [4.69, 9.17) is 4.74 Å². The minimum absolute atomic E-state index is 0.292. The number of ether oxygens (including phenoxy) is 1. The number of aromatic nitrogens is 2. The molecule has 0 bridgehead atoms. The van der Waals surface area contributed by atoms with Crippen LogP contribution in [0.4, 0.5) is 5.82 Å². The SMILES string of the molecule is CCCCOc1ccc(S(=O)(=O)N2CCN(c3ccc(-c4ccccc4)nn3)CC2)cc1. The van der Waals surface area contributed by atoms with Crippen molar-refractivity contribution in [2.24, 2.45) is 0 Å². The van der Waals surface area contributed by atoms with Gasteiger partial charge in [-0.3, -0.25) is 0 Å². The van der Waals surface area contributed by atoms with E-state index in [9.17, 15) is 8.42 Å². The van der Waals surface area contributed by atoms with Gasteiger partial charge in [-0.25, -0.2) is 8.42 Å². The summed E-state index contributed by atoms with van der Waals surface area (Å²) in [6, 6.07) is 20.5. The zero-order valence-electron chi connectivity index (χ0n) is 18.2. The van der Waals surface area contributed by atoms with Crippen molar-refractivity contribution in [3.05, 3.63) is 66.7 Å². The summed E-state index contributed by atoms with van der Waals surface area (Å²) >= 11 is 0. The second-order valence-electron chi connectivity index (χ2n) is 7.71. The van der Waals surface area contributed by atoms with Gasteiger partial charge in [0.05, 0.1) is 17.2 Å². The highest BCUT2D eigenvalue weighted by atomic mass is 32.2. The number of hydrogen-bond donors (Lipinski definition) is 0. The minimum Gasteiger partial charge on any atom is -0.494 e. The Labute approximate surface area is 189 Å². The number of rotatable bonds is 8. The van der Waals surface area contributed by atoms with E-state index < -0.39 is 10.0 Å². The molecule has 32 heavy (non-hydrogen) atoms. The number of unbranched alkanes of at least 4 members (excludes halogenated alkanes) is 1. The van der Waals surface area contributed by atoms with Crippen molar-refractivity contribution in [2.45, 2.75) is 24.7 Å². The fraction of sp³-hybridized carbons (Fsp3) is 0.333. The monoisotopic (exact) mass is 452 g/mol. The quantitative estimate of drug-likeness (QED) is 0.484. The maximum atomic E-state index is 13.0. The standard InChI is InChI=1S/C24H28N4O3S/c1-2-3-19-31-21-9-11-22(12-10-21)32(29,30)28-17-15-27(16-18-28)24-14-13-23(25-26-24)20-7-5-4-6-8-20/h4-14H,2-3,15-19H2,1H3. The van der Waals surface area contributed by atoms with E-state index in [1.807, 2.05) is 42.5 Å². The predicted molar refractivity (Wildman–Crippen MR) is 125 cm³/mol. The highest BCUT2D eigenvalue weighted by molar-refractivity contribution is 7.89. The van der Waals surface area contributed by atoms with Crippen molar-refractivity contribution in [3.8, 4) is 17.0 Å². The lowest BCUT2D eigenvalue weighted by Crippen LogP contribution is -2.48. The molecule has 1 saturated heterocycles. The lowest BCUT2D eigenvalue weighted by atomic mass is 10.1. The molecule has 1 fully saturated rings. The van der Waals surface area contributed by atoms with Crippen LogP contribution in [0.5, 0.6) is 5.75 Å². The summed E-state index contributed by atoms with van der Waals surface area (Å²) in [5.41, 5.74) is 1.84. The summed E-state index contributed by atoms with van der Waals surface area (Å²) in [5, 5.41) is 8.70. The number of sulfonamides is 1. The van der Waals surface area contributed by atoms with Crippen LogP contribution in [0.2, 0.25) is 0 Å². The van der Waals surface area contributed by atoms with Crippen LogP contribution in [0.1, 0.15) is 19.8 Å². The second kappa shape index (κ2) is 10.1. The molecule has 1 aliphatic heterocycles. The van der Waals surface area contributed by atoms with Crippen LogP contribution in [0, 0.1) is 0 Å². The average molecular weight is 453 g/mol. The first-order chi connectivity index (χ1) is 15.6. The molecule has 0 aliphatic carbocycles. The van der Waals surface area contributed by atoms with E-state index in [1.165, 1.54) is 4.31 Å². The van der Waals surface area contributed by atoms with Crippen molar-refractivity contribution in [3.63, 3.8) is 0 Å². The van der Waals surface area contributed by atoms with Gasteiger partial charge >= 0.3 is 0 Å². The highest BCUT2D eigenvalue weighted by Gasteiger charge is 2.29. The van der Waals surface area contributed by atoms with Crippen molar-refractivity contribution < 1.29 is 13.2 Å². The van der Waals surface area contributed by atoms with Gasteiger partial charge < -0.3 is 9.64 Å². The van der Waals surface area contributed by atoms with Gasteiger partial charge in [-0.2, -0.15) is 4.31 Å². The summed E-state index contributed by atoms with van der Waals surface area (Å²) in [4.78, 5) is 2.36. The Morgan fingerprint density at radius 3 is 2.22 bits per heavy atom. The summed E-state index contributed by atoms with van der Waals surface area (Å²) < 4.78 is 33.2. The van der Waals surface area contributed by atoms with Crippen LogP contribution in [0.15, 0.2) is 71.6 Å². The molecule has 2 aromatic carbocycles. The van der Waals surface area contributed by atoms with E-state index >= 15 is 0 Å². The molecule has 0 saturated carbocycles. The Kier molecular flexibility index (Phi) is 7.02. The summed E-state index contributed by atoms with van der Waals surface area (Å²) in [5.74, 6) is 1.45. The maximum absolute atomic E-state index is 13.0. The Morgan fingerprint density at radius 1 is 0.875 bits per heavy atom. The molecular weight excluding hydrogens is 424 g/mol. The van der Waals surface area contributed by atoms with Gasteiger partial charge in [0.1, 0.15) is 5.75 Å². The third-order valence-electron chi connectivity index (χ3n) is 5.51. The van der Waals surface area contributed by atoms with E-state index in [0.29, 0.717) is 43.4 Å². The highest BCUT2D eigenvalue weighted by Crippen LogP contribution is 2.23. The minimum atomic E-state index is -3.54. The lowest BCUT2D eigenvalue weighted by Gasteiger charge is -2.34. The molecule has 0 spiro atoms. The summed E-state index contributed by atoms with van der Waals surface area (Å²) in [7, 11) is -3.54. The molecule has 0 unspecified atom stereocenters. The molecule has 3 aromatic rings. The van der Waals surface area contributed by atoms with Crippen LogP contribution in [-0.2, 0) is 10.0 Å². The zero-order valence-corrected chi connectivity index (χ0v) is 19.0. The molecule has 1 aliphatic rings. The van der Waals surface area contributed by atoms with Gasteiger partial charge in [-0.05, 0) is 42.8 Å². The number of anilines is 1. The van der Waals surface area contributed by atoms with Crippen molar-refractivity contribution in [2.75, 3.05) is 37.7 Å². The molecule has 0 atom stereocenters. The van der Waals surface area contributed by atoms with Crippen molar-refractivity contribution in [1.82, 2.24) is 14.5 Å². The van der Waals surface area contributed by atoms with Crippen LogP contribution in [0.25, 0.3) is 11.3 Å². The van der Waals surface area contributed by atoms with Crippen molar-refractivity contribution in [1.29, 1.82) is 0 Å². The van der Waals surface area contributed by atoms with E-state index in [1.54, 1.807) is 24.3 Å². The molecular formula is C24H28N4O3S. The van der Waals surface area contributed by atoms with E-state index in [-0.39, 0.29) is 0 Å². The fourth-order valence-corrected chi connectivity index (χ4v) is 5.03. The molecule has 0 radical (unpaired) electrons. The van der Waals surface area contributed by atoms with Crippen LogP contribution in [-0.4, -0.2) is 55.7 Å². The van der Waals surface area contributed by atoms with Gasteiger partial charge in [0.2, 0.25) is 10.0 Å². The maximum Gasteiger partial charge on any atom is 0.243 e. The number of nitrogens with zero attached hydrogens (tertiary/aromatic N) is 4. The van der Waals surface area contributed by atoms with Gasteiger partial charge in [-0.1, -0.05) is 43.7 Å². The molecule has 1 aromatic heterocycles. The predicted octanol–water partition coefficient (Wildman–Crippen LogP) is 3.83. The van der Waals surface area contributed by atoms with Gasteiger partial charge in [0.15, 0.2) is 5.82 Å². The molecule has 4 rings (SSSR count). The zero-order chi connectivity index (χ0) is 22.4. The Balaban J connectivity index is 1.36. The molecule has 7 nitrogen and oxygen atoms in total. The summed E-state index contributed by atoms with van der Waals surface area (Å²) in [6.07, 6.45) is 2.03. The smallest absolute Gasteiger partial charge is 0.243 e. The van der Waals surface area contributed by atoms with E-state index in [2.05, 4.69) is 22.0 Å². The van der Waals surface area contributed by atoms with Gasteiger partial charge in [0.25, 0.3) is 0 Å². The molecule has 8 heteroatoms. The lowest BCUT2D eigenvalue weighted by molar-refractivity contribution is 0.309. The Hall–Kier alpha value is -2.97. The van der Waals surface area contributed by atoms with Gasteiger partial charge in [-0.15, -0.1) is 10.2 Å². The number of hydrogen-bond acceptors (Lipinski definition) is 6. The van der Waals surface area contributed by atoms with E-state index in [0.717, 1.165) is 29.9 Å². The fourth-order valence-electron chi connectivity index (χ4n) is 3.61. The molecule has 0 amide bonds. The topological polar surface area (TPSA) is 75.6 Å². The van der Waals surface area contributed by atoms with Gasteiger partial charge in [0, 0.05) is 31.7 Å². The first-order valence-electron chi connectivity index (χ1n) is 10.9. The largest absolute Gasteiger partial charge is 0.494 e. The van der Waals surface area contributed by atoms with Crippen LogP contribution in [0.3, 0.4) is 0 Å². The average Bonchev–Trinajstić information content (AvgIpc) is 2.85. The summed E-state index contributed by atoms with van der Waals surface area (Å²) in [6.45, 7) is 4.68. The Bertz CT molecular complexity index is 1100. The molecule has 0 N–H and O–H groups in total. The third kappa shape index (κ3) is 5.08. The number of benzene rings is 2. The van der Waals surface area contributed by atoms with Crippen LogP contribution >= 0.6 is 0 Å². The third-order valence-corrected chi connectivity index (χ3v) is 7.42. The number of piperazine rings is 1. The second-order valence-corrected chi connectivity index (χ2v) is 9.65. The van der Waals surface area contributed by atoms with Crippen molar-refractivity contribution >= 4 is 15.8 Å².